The number of fused-ring (bicyclic) bond motifs is 2. The molecule has 1 aromatic heterocycles. The minimum atomic E-state index is -0.472. The molecule has 4 nitrogen and oxygen atoms in total. The van der Waals surface area contributed by atoms with E-state index < -0.39 is 5.91 Å². The number of halogens is 1. The van der Waals surface area contributed by atoms with Gasteiger partial charge in [-0.15, -0.1) is 11.3 Å². The summed E-state index contributed by atoms with van der Waals surface area (Å²) in [5, 5.41) is 5.35. The van der Waals surface area contributed by atoms with E-state index in [0.29, 0.717) is 16.1 Å². The fourth-order valence-electron chi connectivity index (χ4n) is 3.55. The van der Waals surface area contributed by atoms with Crippen molar-refractivity contribution in [1.82, 2.24) is 0 Å². The summed E-state index contributed by atoms with van der Waals surface area (Å²) in [7, 11) is 0. The van der Waals surface area contributed by atoms with E-state index in [1.807, 2.05) is 30.3 Å². The number of amides is 2. The zero-order valence-electron chi connectivity index (χ0n) is 14.0. The van der Waals surface area contributed by atoms with Gasteiger partial charge in [-0.1, -0.05) is 40.2 Å². The van der Waals surface area contributed by atoms with Crippen LogP contribution in [0.3, 0.4) is 0 Å². The highest BCUT2D eigenvalue weighted by molar-refractivity contribution is 9.10. The molecule has 0 saturated heterocycles. The third-order valence-electron chi connectivity index (χ3n) is 4.76. The maximum atomic E-state index is 13.0. The van der Waals surface area contributed by atoms with Crippen molar-refractivity contribution >= 4 is 54.9 Å². The molecule has 26 heavy (non-hydrogen) atoms. The lowest BCUT2D eigenvalue weighted by atomic mass is 9.95. The Balaban J connectivity index is 1.75. The SMILES string of the molecule is NC(=O)c1c(NC(=O)c2cccc3c(Br)cccc23)sc2c1CCCC2. The summed E-state index contributed by atoms with van der Waals surface area (Å²) in [4.78, 5) is 26.1. The largest absolute Gasteiger partial charge is 0.365 e. The summed E-state index contributed by atoms with van der Waals surface area (Å²) in [5.74, 6) is -0.699. The number of nitrogens with two attached hydrogens (primary N) is 1. The van der Waals surface area contributed by atoms with Crippen LogP contribution in [0.15, 0.2) is 40.9 Å². The predicted molar refractivity (Wildman–Crippen MR) is 109 cm³/mol. The number of hydrogen-bond acceptors (Lipinski definition) is 3. The molecular formula is C20H17BrN2O2S. The average molecular weight is 429 g/mol. The predicted octanol–water partition coefficient (Wildman–Crippen LogP) is 4.89. The van der Waals surface area contributed by atoms with Crippen molar-refractivity contribution in [2.45, 2.75) is 25.7 Å². The van der Waals surface area contributed by atoms with Gasteiger partial charge in [0.1, 0.15) is 5.00 Å². The van der Waals surface area contributed by atoms with Gasteiger partial charge in [0.25, 0.3) is 11.8 Å². The molecule has 1 aliphatic rings. The topological polar surface area (TPSA) is 72.2 Å². The number of rotatable bonds is 3. The van der Waals surface area contributed by atoms with Crippen molar-refractivity contribution in [1.29, 1.82) is 0 Å². The quantitative estimate of drug-likeness (QED) is 0.622. The average Bonchev–Trinajstić information content (AvgIpc) is 2.99. The minimum absolute atomic E-state index is 0.227. The zero-order valence-corrected chi connectivity index (χ0v) is 16.4. The first-order chi connectivity index (χ1) is 12.6. The third kappa shape index (κ3) is 2.93. The van der Waals surface area contributed by atoms with Crippen molar-refractivity contribution in [3.63, 3.8) is 0 Å². The maximum absolute atomic E-state index is 13.0. The van der Waals surface area contributed by atoms with Crippen molar-refractivity contribution in [3.05, 3.63) is 62.4 Å². The zero-order chi connectivity index (χ0) is 18.3. The molecule has 3 N–H and O–H groups in total. The van der Waals surface area contributed by atoms with Gasteiger partial charge in [0.15, 0.2) is 0 Å². The van der Waals surface area contributed by atoms with Gasteiger partial charge in [-0.05, 0) is 54.2 Å². The Kier molecular flexibility index (Phi) is 4.54. The second kappa shape index (κ2) is 6.85. The van der Waals surface area contributed by atoms with Gasteiger partial charge in [-0.25, -0.2) is 0 Å². The number of carbonyl (C=O) groups excluding carboxylic acids is 2. The van der Waals surface area contributed by atoms with E-state index in [1.54, 1.807) is 6.07 Å². The molecule has 0 atom stereocenters. The Morgan fingerprint density at radius 3 is 2.58 bits per heavy atom. The van der Waals surface area contributed by atoms with Crippen molar-refractivity contribution in [2.24, 2.45) is 5.73 Å². The van der Waals surface area contributed by atoms with Crippen LogP contribution in [0.2, 0.25) is 0 Å². The summed E-state index contributed by atoms with van der Waals surface area (Å²) in [5.41, 5.74) is 7.70. The molecule has 0 spiro atoms. The molecule has 3 aromatic rings. The Morgan fingerprint density at radius 1 is 1.04 bits per heavy atom. The highest BCUT2D eigenvalue weighted by atomic mass is 79.9. The Bertz CT molecular complexity index is 1040. The van der Waals surface area contributed by atoms with E-state index in [2.05, 4.69) is 21.2 Å². The van der Waals surface area contributed by atoms with Crippen LogP contribution in [0.4, 0.5) is 5.00 Å². The van der Waals surface area contributed by atoms with E-state index >= 15 is 0 Å². The van der Waals surface area contributed by atoms with Gasteiger partial charge in [-0.3, -0.25) is 9.59 Å². The lowest BCUT2D eigenvalue weighted by Gasteiger charge is -2.11. The molecule has 1 aliphatic carbocycles. The molecule has 0 radical (unpaired) electrons. The first-order valence-electron chi connectivity index (χ1n) is 8.49. The minimum Gasteiger partial charge on any atom is -0.365 e. The fourth-order valence-corrected chi connectivity index (χ4v) is 5.34. The van der Waals surface area contributed by atoms with Crippen LogP contribution in [0.1, 0.15) is 44.0 Å². The molecule has 2 aromatic carbocycles. The molecule has 0 aliphatic heterocycles. The number of hydrogen-bond donors (Lipinski definition) is 2. The lowest BCUT2D eigenvalue weighted by Crippen LogP contribution is -2.18. The molecule has 4 rings (SSSR count). The lowest BCUT2D eigenvalue weighted by molar-refractivity contribution is 0.100. The summed E-state index contributed by atoms with van der Waals surface area (Å²) in [6.45, 7) is 0. The summed E-state index contributed by atoms with van der Waals surface area (Å²) < 4.78 is 0.939. The number of anilines is 1. The molecule has 0 fully saturated rings. The van der Waals surface area contributed by atoms with Gasteiger partial charge in [0, 0.05) is 14.9 Å². The van der Waals surface area contributed by atoms with Gasteiger partial charge in [0.2, 0.25) is 0 Å². The third-order valence-corrected chi connectivity index (χ3v) is 6.66. The van der Waals surface area contributed by atoms with Crippen LogP contribution in [0, 0.1) is 0 Å². The first kappa shape index (κ1) is 17.2. The second-order valence-electron chi connectivity index (χ2n) is 6.37. The van der Waals surface area contributed by atoms with Crippen molar-refractivity contribution < 1.29 is 9.59 Å². The summed E-state index contributed by atoms with van der Waals surface area (Å²) >= 11 is 5.01. The van der Waals surface area contributed by atoms with Crippen LogP contribution in [-0.2, 0) is 12.8 Å². The van der Waals surface area contributed by atoms with Crippen LogP contribution < -0.4 is 11.1 Å². The molecule has 1 heterocycles. The normalized spacial score (nSPS) is 13.4. The first-order valence-corrected chi connectivity index (χ1v) is 10.1. The van der Waals surface area contributed by atoms with E-state index in [9.17, 15) is 9.59 Å². The van der Waals surface area contributed by atoms with E-state index in [1.165, 1.54) is 16.2 Å². The van der Waals surface area contributed by atoms with Crippen LogP contribution in [0.25, 0.3) is 10.8 Å². The molecule has 0 saturated carbocycles. The summed E-state index contributed by atoms with van der Waals surface area (Å²) in [6.07, 6.45) is 3.95. The number of thiophene rings is 1. The number of aryl methyl sites for hydroxylation is 1. The van der Waals surface area contributed by atoms with Crippen molar-refractivity contribution in [3.8, 4) is 0 Å². The molecule has 2 amide bonds. The number of benzene rings is 2. The monoisotopic (exact) mass is 428 g/mol. The Hall–Kier alpha value is -2.18. The van der Waals surface area contributed by atoms with Gasteiger partial charge in [0.05, 0.1) is 5.56 Å². The molecule has 132 valence electrons. The summed E-state index contributed by atoms with van der Waals surface area (Å²) in [6, 6.07) is 11.4. The standard InChI is InChI=1S/C20H17BrN2O2S/c21-15-9-4-6-11-12(15)7-3-8-13(11)19(25)23-20-17(18(22)24)14-5-1-2-10-16(14)26-20/h3-4,6-9H,1-2,5,10H2,(H2,22,24)(H,23,25). The van der Waals surface area contributed by atoms with E-state index in [-0.39, 0.29) is 5.91 Å². The second-order valence-corrected chi connectivity index (χ2v) is 8.33. The van der Waals surface area contributed by atoms with Crippen LogP contribution in [0.5, 0.6) is 0 Å². The number of primary amides is 1. The van der Waals surface area contributed by atoms with Gasteiger partial charge in [-0.2, -0.15) is 0 Å². The van der Waals surface area contributed by atoms with Gasteiger partial charge < -0.3 is 11.1 Å². The van der Waals surface area contributed by atoms with Gasteiger partial charge >= 0.3 is 0 Å². The molecule has 0 unspecified atom stereocenters. The molecule has 6 heteroatoms. The van der Waals surface area contributed by atoms with Crippen LogP contribution in [-0.4, -0.2) is 11.8 Å². The highest BCUT2D eigenvalue weighted by Gasteiger charge is 2.25. The molecular weight excluding hydrogens is 412 g/mol. The van der Waals surface area contributed by atoms with E-state index in [0.717, 1.165) is 46.5 Å². The smallest absolute Gasteiger partial charge is 0.256 e. The van der Waals surface area contributed by atoms with Crippen molar-refractivity contribution in [2.75, 3.05) is 5.32 Å². The fraction of sp³-hybridized carbons (Fsp3) is 0.200. The number of nitrogens with one attached hydrogen (secondary N) is 1. The Morgan fingerprint density at radius 2 is 1.77 bits per heavy atom. The van der Waals surface area contributed by atoms with Crippen LogP contribution >= 0.6 is 27.3 Å². The number of carbonyl (C=O) groups is 2. The highest BCUT2D eigenvalue weighted by Crippen LogP contribution is 2.38. The Labute approximate surface area is 163 Å². The molecule has 0 bridgehead atoms. The maximum Gasteiger partial charge on any atom is 0.256 e. The van der Waals surface area contributed by atoms with E-state index in [4.69, 9.17) is 5.73 Å².